The van der Waals surface area contributed by atoms with Crippen molar-refractivity contribution in [1.29, 1.82) is 0 Å². The summed E-state index contributed by atoms with van der Waals surface area (Å²) in [5, 5.41) is 0. The third-order valence-corrected chi connectivity index (χ3v) is 4.68. The number of phosphoric acid groups is 1. The fraction of sp³-hybridized carbons (Fsp3) is 0.647. The molecule has 1 unspecified atom stereocenters. The van der Waals surface area contributed by atoms with Gasteiger partial charge in [0.25, 0.3) is 0 Å². The molecule has 0 fully saturated rings. The molecular weight excluding hydrogens is 332 g/mol. The van der Waals surface area contributed by atoms with Gasteiger partial charge in [0.05, 0.1) is 23.9 Å². The first-order valence-electron chi connectivity index (χ1n) is 7.88. The number of phosphoric ester groups is 1. The van der Waals surface area contributed by atoms with E-state index in [4.69, 9.17) is 19.3 Å². The Labute approximate surface area is 144 Å². The lowest BCUT2D eigenvalue weighted by atomic mass is 10.1. The third-order valence-electron chi connectivity index (χ3n) is 2.68. The SMILES string of the molecule is Cc1cc(F)cc(C(N)COP(=O)(OC(C)(C)C)OC(C)(C)C)c1. The van der Waals surface area contributed by atoms with Crippen LogP contribution in [0.5, 0.6) is 0 Å². The summed E-state index contributed by atoms with van der Waals surface area (Å²) in [5.41, 5.74) is 5.91. The summed E-state index contributed by atoms with van der Waals surface area (Å²) in [6.45, 7) is 12.2. The Kier molecular flexibility index (Phi) is 6.76. The van der Waals surface area contributed by atoms with Crippen molar-refractivity contribution in [1.82, 2.24) is 0 Å². The second-order valence-electron chi connectivity index (χ2n) is 7.82. The fourth-order valence-electron chi connectivity index (χ4n) is 1.99. The van der Waals surface area contributed by atoms with Gasteiger partial charge in [0.15, 0.2) is 0 Å². The van der Waals surface area contributed by atoms with E-state index in [1.54, 1.807) is 54.5 Å². The average Bonchev–Trinajstić information content (AvgIpc) is 2.30. The molecule has 1 aromatic carbocycles. The molecule has 1 atom stereocenters. The van der Waals surface area contributed by atoms with E-state index in [0.29, 0.717) is 5.56 Å². The Morgan fingerprint density at radius 2 is 1.58 bits per heavy atom. The van der Waals surface area contributed by atoms with Crippen LogP contribution in [0.4, 0.5) is 4.39 Å². The zero-order valence-corrected chi connectivity index (χ0v) is 16.4. The molecule has 0 aliphatic carbocycles. The molecule has 5 nitrogen and oxygen atoms in total. The highest BCUT2D eigenvalue weighted by molar-refractivity contribution is 7.48. The van der Waals surface area contributed by atoms with Crippen LogP contribution in [0.2, 0.25) is 0 Å². The van der Waals surface area contributed by atoms with Crippen LogP contribution >= 0.6 is 7.82 Å². The van der Waals surface area contributed by atoms with Gasteiger partial charge in [-0.1, -0.05) is 6.07 Å². The Morgan fingerprint density at radius 1 is 1.08 bits per heavy atom. The Balaban J connectivity index is 2.89. The second-order valence-corrected chi connectivity index (χ2v) is 9.34. The molecule has 0 amide bonds. The number of aryl methyl sites for hydroxylation is 1. The summed E-state index contributed by atoms with van der Waals surface area (Å²) in [6, 6.07) is 3.85. The molecule has 0 aliphatic heterocycles. The Bertz CT molecular complexity index is 567. The highest BCUT2D eigenvalue weighted by Crippen LogP contribution is 2.55. The maximum absolute atomic E-state index is 13.5. The van der Waals surface area contributed by atoms with E-state index >= 15 is 0 Å². The molecule has 0 saturated heterocycles. The van der Waals surface area contributed by atoms with Gasteiger partial charge in [0.1, 0.15) is 5.82 Å². The molecule has 0 aliphatic rings. The number of hydrogen-bond acceptors (Lipinski definition) is 5. The monoisotopic (exact) mass is 361 g/mol. The van der Waals surface area contributed by atoms with Gasteiger partial charge in [-0.3, -0.25) is 13.6 Å². The van der Waals surface area contributed by atoms with Crippen LogP contribution in [-0.2, 0) is 18.1 Å². The summed E-state index contributed by atoms with van der Waals surface area (Å²) < 4.78 is 42.9. The van der Waals surface area contributed by atoms with E-state index in [2.05, 4.69) is 0 Å². The van der Waals surface area contributed by atoms with Crippen LogP contribution in [0.15, 0.2) is 18.2 Å². The van der Waals surface area contributed by atoms with E-state index in [1.165, 1.54) is 12.1 Å². The number of nitrogens with two attached hydrogens (primary N) is 1. The highest BCUT2D eigenvalue weighted by Gasteiger charge is 2.37. The van der Waals surface area contributed by atoms with Crippen LogP contribution in [0.1, 0.15) is 58.7 Å². The van der Waals surface area contributed by atoms with E-state index in [-0.39, 0.29) is 12.4 Å². The van der Waals surface area contributed by atoms with Gasteiger partial charge >= 0.3 is 7.82 Å². The summed E-state index contributed by atoms with van der Waals surface area (Å²) in [4.78, 5) is 0. The first kappa shape index (κ1) is 21.3. The van der Waals surface area contributed by atoms with Crippen LogP contribution in [-0.4, -0.2) is 17.8 Å². The normalized spacial score (nSPS) is 14.7. The third kappa shape index (κ3) is 7.86. The van der Waals surface area contributed by atoms with Crippen molar-refractivity contribution < 1.29 is 22.5 Å². The maximum Gasteiger partial charge on any atom is 0.475 e. The number of hydrogen-bond donors (Lipinski definition) is 1. The topological polar surface area (TPSA) is 70.8 Å². The first-order chi connectivity index (χ1) is 10.7. The van der Waals surface area contributed by atoms with Gasteiger partial charge in [-0.25, -0.2) is 8.96 Å². The van der Waals surface area contributed by atoms with Gasteiger partial charge < -0.3 is 5.73 Å². The first-order valence-corrected chi connectivity index (χ1v) is 9.34. The molecule has 1 rings (SSSR count). The minimum Gasteiger partial charge on any atom is -0.322 e. The number of halogens is 1. The highest BCUT2D eigenvalue weighted by atomic mass is 31.2. The Hall–Kier alpha value is -0.780. The van der Waals surface area contributed by atoms with Gasteiger partial charge in [-0.2, -0.15) is 0 Å². The van der Waals surface area contributed by atoms with Crippen molar-refractivity contribution in [3.8, 4) is 0 Å². The minimum atomic E-state index is -3.83. The Morgan fingerprint density at radius 3 is 2.00 bits per heavy atom. The molecule has 0 aromatic heterocycles. The van der Waals surface area contributed by atoms with Crippen molar-refractivity contribution in [2.24, 2.45) is 5.73 Å². The molecule has 2 N–H and O–H groups in total. The van der Waals surface area contributed by atoms with Crippen molar-refractivity contribution in [2.45, 2.75) is 65.7 Å². The summed E-state index contributed by atoms with van der Waals surface area (Å²) in [5.74, 6) is -0.375. The van der Waals surface area contributed by atoms with Crippen molar-refractivity contribution >= 4 is 7.82 Å². The van der Waals surface area contributed by atoms with Gasteiger partial charge in [0, 0.05) is 0 Å². The molecule has 0 heterocycles. The van der Waals surface area contributed by atoms with Crippen molar-refractivity contribution in [3.63, 3.8) is 0 Å². The minimum absolute atomic E-state index is 0.119. The lowest BCUT2D eigenvalue weighted by molar-refractivity contribution is 0.00178. The van der Waals surface area contributed by atoms with Crippen LogP contribution < -0.4 is 5.73 Å². The van der Waals surface area contributed by atoms with Crippen LogP contribution in [0.3, 0.4) is 0 Å². The largest absolute Gasteiger partial charge is 0.475 e. The zero-order valence-electron chi connectivity index (χ0n) is 15.6. The lowest BCUT2D eigenvalue weighted by Crippen LogP contribution is -2.26. The van der Waals surface area contributed by atoms with E-state index in [0.717, 1.165) is 5.56 Å². The lowest BCUT2D eigenvalue weighted by Gasteiger charge is -2.31. The molecule has 138 valence electrons. The second kappa shape index (κ2) is 7.63. The average molecular weight is 361 g/mol. The maximum atomic E-state index is 13.5. The number of benzene rings is 1. The quantitative estimate of drug-likeness (QED) is 0.731. The number of rotatable bonds is 6. The standard InChI is InChI=1S/C17H29FNO4P/c1-12-8-13(10-14(18)9-12)15(19)11-21-24(20,22-16(2,3)4)23-17(5,6)7/h8-10,15H,11,19H2,1-7H3. The van der Waals surface area contributed by atoms with Crippen molar-refractivity contribution in [2.75, 3.05) is 6.61 Å². The molecular formula is C17H29FNO4P. The summed E-state index contributed by atoms with van der Waals surface area (Å²) >= 11 is 0. The fourth-order valence-corrected chi connectivity index (χ4v) is 3.82. The zero-order chi connectivity index (χ0) is 18.8. The van der Waals surface area contributed by atoms with E-state index < -0.39 is 25.1 Å². The molecule has 0 saturated carbocycles. The van der Waals surface area contributed by atoms with E-state index in [9.17, 15) is 8.96 Å². The summed E-state index contributed by atoms with van der Waals surface area (Å²) in [7, 11) is -3.83. The predicted molar refractivity (Wildman–Crippen MR) is 93.3 cm³/mol. The smallest absolute Gasteiger partial charge is 0.322 e. The van der Waals surface area contributed by atoms with Gasteiger partial charge in [0.2, 0.25) is 0 Å². The molecule has 0 radical (unpaired) electrons. The van der Waals surface area contributed by atoms with E-state index in [1.807, 2.05) is 0 Å². The molecule has 7 heteroatoms. The summed E-state index contributed by atoms with van der Waals surface area (Å²) in [6.07, 6.45) is 0. The molecule has 0 bridgehead atoms. The van der Waals surface area contributed by atoms with Gasteiger partial charge in [-0.15, -0.1) is 0 Å². The van der Waals surface area contributed by atoms with Crippen LogP contribution in [0.25, 0.3) is 0 Å². The van der Waals surface area contributed by atoms with Gasteiger partial charge in [-0.05, 0) is 71.7 Å². The molecule has 1 aromatic rings. The van der Waals surface area contributed by atoms with Crippen LogP contribution in [0, 0.1) is 12.7 Å². The predicted octanol–water partition coefficient (Wildman–Crippen LogP) is 4.89. The van der Waals surface area contributed by atoms with Crippen molar-refractivity contribution in [3.05, 3.63) is 35.1 Å². The molecule has 0 spiro atoms. The molecule has 24 heavy (non-hydrogen) atoms.